The van der Waals surface area contributed by atoms with E-state index < -0.39 is 4.92 Å². The predicted octanol–water partition coefficient (Wildman–Crippen LogP) is 1.99. The molecule has 1 aromatic rings. The quantitative estimate of drug-likeness (QED) is 0.419. The second-order valence-corrected chi connectivity index (χ2v) is 7.67. The van der Waals surface area contributed by atoms with E-state index in [1.807, 2.05) is 18.7 Å². The lowest BCUT2D eigenvalue weighted by Crippen LogP contribution is -2.49. The van der Waals surface area contributed by atoms with Gasteiger partial charge in [-0.3, -0.25) is 19.7 Å². The number of amides is 1. The number of piperidine rings is 1. The number of para-hydroxylation sites is 2. The normalized spacial score (nSPS) is 23.0. The number of hydrogen-bond acceptors (Lipinski definition) is 7. The van der Waals surface area contributed by atoms with Gasteiger partial charge in [0.05, 0.1) is 23.0 Å². The SMILES string of the molecule is C[C@@H]1CN(C(=O)COC(=O)C2CCN(c3ccccc3[N+](=O)[O-])CC2)C[C@@H](C)O1. The summed E-state index contributed by atoms with van der Waals surface area (Å²) in [5, 5.41) is 11.2. The fourth-order valence-corrected chi connectivity index (χ4v) is 3.97. The highest BCUT2D eigenvalue weighted by molar-refractivity contribution is 5.81. The van der Waals surface area contributed by atoms with Crippen molar-refractivity contribution in [2.45, 2.75) is 38.9 Å². The molecule has 0 unspecified atom stereocenters. The Kier molecular flexibility index (Phi) is 6.68. The van der Waals surface area contributed by atoms with Gasteiger partial charge in [0.1, 0.15) is 5.69 Å². The van der Waals surface area contributed by atoms with Crippen molar-refractivity contribution in [3.63, 3.8) is 0 Å². The molecule has 0 radical (unpaired) electrons. The van der Waals surface area contributed by atoms with Gasteiger partial charge in [0.2, 0.25) is 0 Å². The standard InChI is InChI=1S/C20H27N3O6/c1-14-11-22(12-15(2)29-14)19(24)13-28-20(25)16-7-9-21(10-8-16)17-5-3-4-6-18(17)23(26)27/h3-6,14-16H,7-13H2,1-2H3/t14-,15-/m1/s1. The van der Waals surface area contributed by atoms with E-state index in [1.165, 1.54) is 6.07 Å². The van der Waals surface area contributed by atoms with Gasteiger partial charge >= 0.3 is 5.97 Å². The Morgan fingerprint density at radius 1 is 1.17 bits per heavy atom. The molecular formula is C20H27N3O6. The van der Waals surface area contributed by atoms with Crippen LogP contribution in [-0.2, 0) is 19.1 Å². The van der Waals surface area contributed by atoms with Gasteiger partial charge in [0.15, 0.2) is 6.61 Å². The van der Waals surface area contributed by atoms with Crippen molar-refractivity contribution >= 4 is 23.3 Å². The molecule has 9 nitrogen and oxygen atoms in total. The molecule has 1 aromatic carbocycles. The van der Waals surface area contributed by atoms with Crippen LogP contribution < -0.4 is 4.90 Å². The molecule has 2 aliphatic rings. The first kappa shape index (κ1) is 21.0. The summed E-state index contributed by atoms with van der Waals surface area (Å²) in [6.07, 6.45) is 0.990. The first-order valence-corrected chi connectivity index (χ1v) is 9.93. The summed E-state index contributed by atoms with van der Waals surface area (Å²) in [6, 6.07) is 6.61. The lowest BCUT2D eigenvalue weighted by molar-refractivity contribution is -0.384. The number of benzene rings is 1. The van der Waals surface area contributed by atoms with Crippen molar-refractivity contribution in [2.24, 2.45) is 5.92 Å². The van der Waals surface area contributed by atoms with Gasteiger partial charge < -0.3 is 19.3 Å². The molecule has 0 spiro atoms. The topological polar surface area (TPSA) is 102 Å². The fraction of sp³-hybridized carbons (Fsp3) is 0.600. The van der Waals surface area contributed by atoms with Crippen LogP contribution in [0.4, 0.5) is 11.4 Å². The van der Waals surface area contributed by atoms with E-state index in [-0.39, 0.29) is 42.3 Å². The van der Waals surface area contributed by atoms with Gasteiger partial charge in [-0.1, -0.05) is 12.1 Å². The number of nitro groups is 1. The molecule has 0 N–H and O–H groups in total. The maximum atomic E-state index is 12.4. The molecular weight excluding hydrogens is 378 g/mol. The largest absolute Gasteiger partial charge is 0.455 e. The molecule has 2 fully saturated rings. The van der Waals surface area contributed by atoms with E-state index in [0.29, 0.717) is 44.7 Å². The number of hydrogen-bond donors (Lipinski definition) is 0. The van der Waals surface area contributed by atoms with E-state index in [4.69, 9.17) is 9.47 Å². The monoisotopic (exact) mass is 405 g/mol. The zero-order valence-corrected chi connectivity index (χ0v) is 16.8. The van der Waals surface area contributed by atoms with Crippen LogP contribution in [0.1, 0.15) is 26.7 Å². The van der Waals surface area contributed by atoms with Crippen molar-refractivity contribution in [3.8, 4) is 0 Å². The molecule has 3 rings (SSSR count). The second-order valence-electron chi connectivity index (χ2n) is 7.67. The molecule has 2 atom stereocenters. The van der Waals surface area contributed by atoms with E-state index in [9.17, 15) is 19.7 Å². The Balaban J connectivity index is 1.48. The number of anilines is 1. The van der Waals surface area contributed by atoms with Crippen LogP contribution in [-0.4, -0.2) is 66.7 Å². The van der Waals surface area contributed by atoms with Crippen molar-refractivity contribution in [2.75, 3.05) is 37.7 Å². The zero-order chi connectivity index (χ0) is 21.0. The lowest BCUT2D eigenvalue weighted by atomic mass is 9.96. The van der Waals surface area contributed by atoms with Gasteiger partial charge in [0.25, 0.3) is 11.6 Å². The maximum absolute atomic E-state index is 12.4. The summed E-state index contributed by atoms with van der Waals surface area (Å²) in [7, 11) is 0. The van der Waals surface area contributed by atoms with E-state index >= 15 is 0 Å². The predicted molar refractivity (Wildman–Crippen MR) is 106 cm³/mol. The Morgan fingerprint density at radius 3 is 2.41 bits per heavy atom. The summed E-state index contributed by atoms with van der Waals surface area (Å²) in [5.74, 6) is -0.892. The summed E-state index contributed by atoms with van der Waals surface area (Å²) < 4.78 is 10.9. The number of esters is 1. The minimum atomic E-state index is -0.394. The summed E-state index contributed by atoms with van der Waals surface area (Å²) in [6.45, 7) is 5.60. The molecule has 0 saturated carbocycles. The molecule has 0 aliphatic carbocycles. The number of nitrogens with zero attached hydrogens (tertiary/aromatic N) is 3. The summed E-state index contributed by atoms with van der Waals surface area (Å²) in [4.78, 5) is 39.1. The van der Waals surface area contributed by atoms with E-state index in [0.717, 1.165) is 0 Å². The van der Waals surface area contributed by atoms with Gasteiger partial charge in [-0.05, 0) is 32.8 Å². The molecule has 0 bridgehead atoms. The molecule has 0 aromatic heterocycles. The summed E-state index contributed by atoms with van der Waals surface area (Å²) in [5.41, 5.74) is 0.628. The van der Waals surface area contributed by atoms with Crippen molar-refractivity contribution in [1.29, 1.82) is 0 Å². The molecule has 158 valence electrons. The van der Waals surface area contributed by atoms with E-state index in [1.54, 1.807) is 23.1 Å². The van der Waals surface area contributed by atoms with Gasteiger partial charge in [0, 0.05) is 32.2 Å². The zero-order valence-electron chi connectivity index (χ0n) is 16.8. The average Bonchev–Trinajstić information content (AvgIpc) is 2.71. The first-order chi connectivity index (χ1) is 13.8. The Labute approximate surface area is 169 Å². The number of morpholine rings is 1. The van der Waals surface area contributed by atoms with Crippen LogP contribution in [0.25, 0.3) is 0 Å². The van der Waals surface area contributed by atoms with Gasteiger partial charge in [-0.2, -0.15) is 0 Å². The third kappa shape index (κ3) is 5.23. The molecule has 2 heterocycles. The number of carbonyl (C=O) groups excluding carboxylic acids is 2. The lowest BCUT2D eigenvalue weighted by Gasteiger charge is -2.35. The highest BCUT2D eigenvalue weighted by atomic mass is 16.6. The van der Waals surface area contributed by atoms with Crippen LogP contribution in [0.5, 0.6) is 0 Å². The Bertz CT molecular complexity index is 752. The average molecular weight is 405 g/mol. The van der Waals surface area contributed by atoms with Gasteiger partial charge in [-0.25, -0.2) is 0 Å². The fourth-order valence-electron chi connectivity index (χ4n) is 3.97. The third-order valence-corrected chi connectivity index (χ3v) is 5.36. The van der Waals surface area contributed by atoms with Crippen LogP contribution in [0, 0.1) is 16.0 Å². The second kappa shape index (κ2) is 9.21. The molecule has 2 saturated heterocycles. The highest BCUT2D eigenvalue weighted by Gasteiger charge is 2.31. The van der Waals surface area contributed by atoms with Crippen LogP contribution in [0.2, 0.25) is 0 Å². The van der Waals surface area contributed by atoms with Crippen LogP contribution >= 0.6 is 0 Å². The summed E-state index contributed by atoms with van der Waals surface area (Å²) >= 11 is 0. The molecule has 1 amide bonds. The van der Waals surface area contributed by atoms with Crippen molar-refractivity contribution in [1.82, 2.24) is 4.90 Å². The van der Waals surface area contributed by atoms with Crippen molar-refractivity contribution < 1.29 is 24.0 Å². The number of carbonyl (C=O) groups is 2. The van der Waals surface area contributed by atoms with Gasteiger partial charge in [-0.15, -0.1) is 0 Å². The first-order valence-electron chi connectivity index (χ1n) is 9.93. The maximum Gasteiger partial charge on any atom is 0.309 e. The Morgan fingerprint density at radius 2 is 1.79 bits per heavy atom. The van der Waals surface area contributed by atoms with Crippen LogP contribution in [0.3, 0.4) is 0 Å². The van der Waals surface area contributed by atoms with E-state index in [2.05, 4.69) is 0 Å². The number of ether oxygens (including phenoxy) is 2. The molecule has 9 heteroatoms. The molecule has 2 aliphatic heterocycles. The number of nitro benzene ring substituents is 1. The smallest absolute Gasteiger partial charge is 0.309 e. The highest BCUT2D eigenvalue weighted by Crippen LogP contribution is 2.31. The third-order valence-electron chi connectivity index (χ3n) is 5.36. The Hall–Kier alpha value is -2.68. The minimum Gasteiger partial charge on any atom is -0.455 e. The van der Waals surface area contributed by atoms with Crippen LogP contribution in [0.15, 0.2) is 24.3 Å². The minimum absolute atomic E-state index is 0.0372. The number of rotatable bonds is 5. The van der Waals surface area contributed by atoms with Crippen molar-refractivity contribution in [3.05, 3.63) is 34.4 Å². The molecule has 29 heavy (non-hydrogen) atoms.